The molecule has 0 aliphatic carbocycles. The van der Waals surface area contributed by atoms with Gasteiger partial charge in [0.15, 0.2) is 0 Å². The second-order valence-corrected chi connectivity index (χ2v) is 5.41. The number of amides is 1. The third-order valence-electron chi connectivity index (χ3n) is 3.12. The number of carbonyl (C=O) groups is 1. The van der Waals surface area contributed by atoms with E-state index in [1.165, 1.54) is 5.56 Å². The van der Waals surface area contributed by atoms with Gasteiger partial charge in [0.1, 0.15) is 5.75 Å². The van der Waals surface area contributed by atoms with Gasteiger partial charge in [-0.2, -0.15) is 0 Å². The predicted octanol–water partition coefficient (Wildman–Crippen LogP) is 4.66. The highest BCUT2D eigenvalue weighted by Gasteiger charge is 2.13. The summed E-state index contributed by atoms with van der Waals surface area (Å²) in [7, 11) is 0. The van der Waals surface area contributed by atoms with Crippen molar-refractivity contribution in [3.8, 4) is 5.75 Å². The molecule has 0 bridgehead atoms. The molecule has 0 aliphatic heterocycles. The quantitative estimate of drug-likeness (QED) is 0.853. The minimum atomic E-state index is -0.177. The number of carbonyl (C=O) groups excluding carboxylic acids is 1. The summed E-state index contributed by atoms with van der Waals surface area (Å²) >= 11 is 3.49. The highest BCUT2D eigenvalue weighted by atomic mass is 79.9. The van der Waals surface area contributed by atoms with Crippen molar-refractivity contribution in [2.75, 3.05) is 11.9 Å². The molecule has 1 amide bonds. The summed E-state index contributed by atoms with van der Waals surface area (Å²) in [4.78, 5) is 12.4. The van der Waals surface area contributed by atoms with Crippen LogP contribution in [0, 0.1) is 0 Å². The molecule has 0 spiro atoms. The van der Waals surface area contributed by atoms with Gasteiger partial charge in [-0.15, -0.1) is 0 Å². The maximum absolute atomic E-state index is 12.4. The summed E-state index contributed by atoms with van der Waals surface area (Å²) in [6.07, 6.45) is 0.958. The Bertz CT molecular complexity index is 640. The molecule has 0 saturated heterocycles. The van der Waals surface area contributed by atoms with Crippen molar-refractivity contribution in [1.29, 1.82) is 0 Å². The number of rotatable bonds is 5. The highest BCUT2D eigenvalue weighted by Crippen LogP contribution is 2.26. The number of ether oxygens (including phenoxy) is 1. The third kappa shape index (κ3) is 3.85. The fourth-order valence-corrected chi connectivity index (χ4v) is 2.53. The number of halogens is 1. The van der Waals surface area contributed by atoms with Crippen LogP contribution in [-0.2, 0) is 6.42 Å². The first-order valence-electron chi connectivity index (χ1n) is 6.97. The molecule has 2 rings (SSSR count). The van der Waals surface area contributed by atoms with Crippen LogP contribution in [0.15, 0.2) is 46.9 Å². The summed E-state index contributed by atoms with van der Waals surface area (Å²) < 4.78 is 6.37. The lowest BCUT2D eigenvalue weighted by Crippen LogP contribution is -2.14. The number of nitrogens with one attached hydrogen (secondary N) is 1. The molecule has 0 aliphatic rings. The zero-order chi connectivity index (χ0) is 15.2. The monoisotopic (exact) mass is 347 g/mol. The van der Waals surface area contributed by atoms with Crippen molar-refractivity contribution in [3.05, 3.63) is 58.1 Å². The van der Waals surface area contributed by atoms with E-state index in [-0.39, 0.29) is 5.91 Å². The Balaban J connectivity index is 2.22. The van der Waals surface area contributed by atoms with E-state index < -0.39 is 0 Å². The van der Waals surface area contributed by atoms with Gasteiger partial charge < -0.3 is 10.1 Å². The Hall–Kier alpha value is -1.81. The number of para-hydroxylation sites is 1. The van der Waals surface area contributed by atoms with Crippen LogP contribution in [0.1, 0.15) is 29.8 Å². The number of anilines is 1. The number of aryl methyl sites for hydroxylation is 1. The molecule has 2 aromatic carbocycles. The Morgan fingerprint density at radius 1 is 1.19 bits per heavy atom. The summed E-state index contributed by atoms with van der Waals surface area (Å²) in [6, 6.07) is 13.2. The molecule has 2 aromatic rings. The Morgan fingerprint density at radius 3 is 2.62 bits per heavy atom. The van der Waals surface area contributed by atoms with Crippen molar-refractivity contribution in [2.24, 2.45) is 0 Å². The largest absolute Gasteiger partial charge is 0.493 e. The fraction of sp³-hybridized carbons (Fsp3) is 0.235. The molecule has 0 aromatic heterocycles. The van der Waals surface area contributed by atoms with Crippen molar-refractivity contribution >= 4 is 27.5 Å². The van der Waals surface area contributed by atoms with Crippen molar-refractivity contribution < 1.29 is 9.53 Å². The minimum Gasteiger partial charge on any atom is -0.493 e. The van der Waals surface area contributed by atoms with Crippen LogP contribution in [0.3, 0.4) is 0 Å². The van der Waals surface area contributed by atoms with Gasteiger partial charge in [0.05, 0.1) is 17.9 Å². The van der Waals surface area contributed by atoms with Gasteiger partial charge in [-0.3, -0.25) is 4.79 Å². The van der Waals surface area contributed by atoms with Gasteiger partial charge in [0, 0.05) is 4.47 Å². The van der Waals surface area contributed by atoms with Gasteiger partial charge in [-0.1, -0.05) is 25.1 Å². The first-order chi connectivity index (χ1) is 10.2. The van der Waals surface area contributed by atoms with E-state index in [0.717, 1.165) is 16.6 Å². The van der Waals surface area contributed by atoms with Gasteiger partial charge in [0.25, 0.3) is 5.91 Å². The molecular formula is C17H18BrNO2. The Morgan fingerprint density at radius 2 is 1.95 bits per heavy atom. The summed E-state index contributed by atoms with van der Waals surface area (Å²) in [5.41, 5.74) is 2.50. The average molecular weight is 348 g/mol. The van der Waals surface area contributed by atoms with Crippen LogP contribution < -0.4 is 10.1 Å². The predicted molar refractivity (Wildman–Crippen MR) is 89.1 cm³/mol. The molecule has 0 saturated carbocycles. The van der Waals surface area contributed by atoms with Crippen LogP contribution >= 0.6 is 15.9 Å². The van der Waals surface area contributed by atoms with Gasteiger partial charge in [-0.25, -0.2) is 0 Å². The van der Waals surface area contributed by atoms with E-state index in [2.05, 4.69) is 28.2 Å². The van der Waals surface area contributed by atoms with E-state index in [1.54, 1.807) is 12.1 Å². The fourth-order valence-electron chi connectivity index (χ4n) is 2.01. The van der Waals surface area contributed by atoms with E-state index >= 15 is 0 Å². The maximum Gasteiger partial charge on any atom is 0.259 e. The zero-order valence-corrected chi connectivity index (χ0v) is 13.7. The van der Waals surface area contributed by atoms with Crippen LogP contribution in [0.2, 0.25) is 0 Å². The van der Waals surface area contributed by atoms with Crippen LogP contribution in [0.25, 0.3) is 0 Å². The lowest BCUT2D eigenvalue weighted by atomic mass is 10.1. The Kier molecular flexibility index (Phi) is 5.39. The number of hydrogen-bond acceptors (Lipinski definition) is 2. The number of benzene rings is 2. The van der Waals surface area contributed by atoms with E-state index in [9.17, 15) is 4.79 Å². The second-order valence-electron chi connectivity index (χ2n) is 4.55. The second kappa shape index (κ2) is 7.27. The summed E-state index contributed by atoms with van der Waals surface area (Å²) in [5, 5.41) is 2.91. The molecule has 4 heteroatoms. The highest BCUT2D eigenvalue weighted by molar-refractivity contribution is 9.10. The molecule has 0 unspecified atom stereocenters. The molecule has 110 valence electrons. The maximum atomic E-state index is 12.4. The molecule has 0 fully saturated rings. The lowest BCUT2D eigenvalue weighted by Gasteiger charge is -2.12. The van der Waals surface area contributed by atoms with E-state index in [0.29, 0.717) is 17.9 Å². The van der Waals surface area contributed by atoms with Gasteiger partial charge >= 0.3 is 0 Å². The van der Waals surface area contributed by atoms with E-state index in [4.69, 9.17) is 4.74 Å². The molecule has 3 nitrogen and oxygen atoms in total. The first kappa shape index (κ1) is 15.6. The minimum absolute atomic E-state index is 0.177. The standard InChI is InChI=1S/C17H18BrNO2/c1-3-12-9-10-15(14(18)11-12)19-17(20)13-7-5-6-8-16(13)21-4-2/h5-11H,3-4H2,1-2H3,(H,19,20). The average Bonchev–Trinajstić information content (AvgIpc) is 2.50. The smallest absolute Gasteiger partial charge is 0.259 e. The van der Waals surface area contributed by atoms with Crippen molar-refractivity contribution in [1.82, 2.24) is 0 Å². The third-order valence-corrected chi connectivity index (χ3v) is 3.78. The van der Waals surface area contributed by atoms with Crippen molar-refractivity contribution in [2.45, 2.75) is 20.3 Å². The first-order valence-corrected chi connectivity index (χ1v) is 7.76. The molecule has 0 atom stereocenters. The summed E-state index contributed by atoms with van der Waals surface area (Å²) in [6.45, 7) is 4.52. The molecule has 0 heterocycles. The topological polar surface area (TPSA) is 38.3 Å². The van der Waals surface area contributed by atoms with Gasteiger partial charge in [-0.05, 0) is 59.1 Å². The van der Waals surface area contributed by atoms with Gasteiger partial charge in [0.2, 0.25) is 0 Å². The Labute approximate surface area is 133 Å². The lowest BCUT2D eigenvalue weighted by molar-refractivity contribution is 0.102. The van der Waals surface area contributed by atoms with Crippen molar-refractivity contribution in [3.63, 3.8) is 0 Å². The van der Waals surface area contributed by atoms with Crippen LogP contribution in [0.5, 0.6) is 5.75 Å². The normalized spacial score (nSPS) is 10.2. The SMILES string of the molecule is CCOc1ccccc1C(=O)Nc1ccc(CC)cc1Br. The molecule has 21 heavy (non-hydrogen) atoms. The summed E-state index contributed by atoms with van der Waals surface area (Å²) in [5.74, 6) is 0.419. The molecule has 1 N–H and O–H groups in total. The van der Waals surface area contributed by atoms with E-state index in [1.807, 2.05) is 37.3 Å². The number of hydrogen-bond donors (Lipinski definition) is 1. The zero-order valence-electron chi connectivity index (χ0n) is 12.2. The van der Waals surface area contributed by atoms with Crippen LogP contribution in [-0.4, -0.2) is 12.5 Å². The molecule has 0 radical (unpaired) electrons. The van der Waals surface area contributed by atoms with Crippen LogP contribution in [0.4, 0.5) is 5.69 Å². The molecular weight excluding hydrogens is 330 g/mol.